The lowest BCUT2D eigenvalue weighted by molar-refractivity contribution is -0.128. The Kier molecular flexibility index (Phi) is 5.12. The van der Waals surface area contributed by atoms with Crippen LogP contribution in [0.5, 0.6) is 0 Å². The highest BCUT2D eigenvalue weighted by atomic mass is 19.2. The molecule has 1 fully saturated rings. The maximum absolute atomic E-state index is 13.6. The molecule has 1 aromatic rings. The first kappa shape index (κ1) is 17.1. The van der Waals surface area contributed by atoms with Crippen molar-refractivity contribution in [3.63, 3.8) is 0 Å². The van der Waals surface area contributed by atoms with Crippen LogP contribution >= 0.6 is 0 Å². The van der Waals surface area contributed by atoms with E-state index < -0.39 is 34.7 Å². The number of carbonyl (C=O) groups is 2. The van der Waals surface area contributed by atoms with Crippen LogP contribution in [-0.2, 0) is 4.79 Å². The van der Waals surface area contributed by atoms with Gasteiger partial charge in [0.25, 0.3) is 0 Å². The van der Waals surface area contributed by atoms with Crippen molar-refractivity contribution in [2.45, 2.75) is 37.6 Å². The van der Waals surface area contributed by atoms with E-state index in [1.165, 1.54) is 7.05 Å². The Balaban J connectivity index is 2.15. The molecule has 5 nitrogen and oxygen atoms in total. The average Bonchev–Trinajstić information content (AvgIpc) is 2.52. The van der Waals surface area contributed by atoms with Gasteiger partial charge in [0.05, 0.1) is 5.69 Å². The monoisotopic (exact) mass is 329 g/mol. The van der Waals surface area contributed by atoms with Crippen LogP contribution in [0.4, 0.5) is 23.7 Å². The van der Waals surface area contributed by atoms with E-state index in [-0.39, 0.29) is 5.91 Å². The quantitative estimate of drug-likeness (QED) is 0.746. The fraction of sp³-hybridized carbons (Fsp3) is 0.467. The van der Waals surface area contributed by atoms with Crippen LogP contribution in [-0.4, -0.2) is 24.5 Å². The Labute approximate surface area is 131 Å². The molecule has 0 spiro atoms. The summed E-state index contributed by atoms with van der Waals surface area (Å²) < 4.78 is 39.9. The molecule has 0 aliphatic heterocycles. The maximum Gasteiger partial charge on any atom is 0.320 e. The summed E-state index contributed by atoms with van der Waals surface area (Å²) in [6.45, 7) is 0. The van der Waals surface area contributed by atoms with E-state index >= 15 is 0 Å². The summed E-state index contributed by atoms with van der Waals surface area (Å²) in [4.78, 5) is 24.2. The average molecular weight is 329 g/mol. The zero-order chi connectivity index (χ0) is 17.0. The molecule has 0 saturated heterocycles. The van der Waals surface area contributed by atoms with Gasteiger partial charge in [-0.3, -0.25) is 4.79 Å². The molecule has 1 aromatic carbocycles. The number of carbonyl (C=O) groups excluding carboxylic acids is 2. The van der Waals surface area contributed by atoms with E-state index in [2.05, 4.69) is 16.0 Å². The minimum atomic E-state index is -1.40. The number of anilines is 1. The number of urea groups is 1. The number of amides is 3. The second-order valence-electron chi connectivity index (χ2n) is 5.55. The second-order valence-corrected chi connectivity index (χ2v) is 5.55. The first-order valence-electron chi connectivity index (χ1n) is 7.34. The molecular formula is C15H18F3N3O2. The van der Waals surface area contributed by atoms with Gasteiger partial charge < -0.3 is 16.0 Å². The third-order valence-electron chi connectivity index (χ3n) is 3.96. The smallest absolute Gasteiger partial charge is 0.320 e. The molecule has 0 radical (unpaired) electrons. The first-order chi connectivity index (χ1) is 10.9. The van der Waals surface area contributed by atoms with Gasteiger partial charge in [0.1, 0.15) is 11.4 Å². The van der Waals surface area contributed by atoms with Crippen LogP contribution < -0.4 is 16.0 Å². The summed E-state index contributed by atoms with van der Waals surface area (Å²) in [7, 11) is 1.46. The molecule has 3 amide bonds. The van der Waals surface area contributed by atoms with Gasteiger partial charge in [-0.1, -0.05) is 19.3 Å². The summed E-state index contributed by atoms with van der Waals surface area (Å²) in [5, 5.41) is 7.08. The number of benzene rings is 1. The summed E-state index contributed by atoms with van der Waals surface area (Å²) in [6.07, 6.45) is 3.36. The molecule has 23 heavy (non-hydrogen) atoms. The Morgan fingerprint density at radius 3 is 2.35 bits per heavy atom. The maximum atomic E-state index is 13.6. The van der Waals surface area contributed by atoms with E-state index in [1.807, 2.05) is 0 Å². The van der Waals surface area contributed by atoms with Crippen LogP contribution in [0, 0.1) is 17.5 Å². The minimum absolute atomic E-state index is 0.349. The van der Waals surface area contributed by atoms with E-state index in [1.54, 1.807) is 0 Å². The van der Waals surface area contributed by atoms with E-state index in [4.69, 9.17) is 0 Å². The Bertz CT molecular complexity index is 616. The summed E-state index contributed by atoms with van der Waals surface area (Å²) in [5.74, 6) is -4.13. The zero-order valence-corrected chi connectivity index (χ0v) is 12.6. The predicted octanol–water partition coefficient (Wildman–Crippen LogP) is 2.67. The third-order valence-corrected chi connectivity index (χ3v) is 3.96. The lowest BCUT2D eigenvalue weighted by atomic mass is 9.81. The fourth-order valence-electron chi connectivity index (χ4n) is 2.82. The van der Waals surface area contributed by atoms with Gasteiger partial charge in [-0.25, -0.2) is 18.0 Å². The van der Waals surface area contributed by atoms with Gasteiger partial charge in [-0.15, -0.1) is 0 Å². The van der Waals surface area contributed by atoms with Gasteiger partial charge in [0.15, 0.2) is 11.6 Å². The number of rotatable bonds is 3. The minimum Gasteiger partial charge on any atom is -0.357 e. The Hall–Kier alpha value is -2.25. The molecule has 0 unspecified atom stereocenters. The zero-order valence-electron chi connectivity index (χ0n) is 12.6. The summed E-state index contributed by atoms with van der Waals surface area (Å²) >= 11 is 0. The SMILES string of the molecule is CNC(=O)C1(NC(=O)Nc2cc(F)cc(F)c2F)CCCCC1. The van der Waals surface area contributed by atoms with Gasteiger partial charge in [0, 0.05) is 19.2 Å². The molecule has 126 valence electrons. The number of hydrogen-bond donors (Lipinski definition) is 3. The molecule has 1 aliphatic carbocycles. The van der Waals surface area contributed by atoms with Gasteiger partial charge in [-0.05, 0) is 12.8 Å². The molecule has 1 saturated carbocycles. The molecule has 0 atom stereocenters. The molecule has 0 heterocycles. The highest BCUT2D eigenvalue weighted by Gasteiger charge is 2.40. The molecule has 3 N–H and O–H groups in total. The van der Waals surface area contributed by atoms with Gasteiger partial charge >= 0.3 is 6.03 Å². The second kappa shape index (κ2) is 6.89. The topological polar surface area (TPSA) is 70.2 Å². The molecular weight excluding hydrogens is 311 g/mol. The van der Waals surface area contributed by atoms with Crippen molar-refractivity contribution in [3.05, 3.63) is 29.6 Å². The molecule has 1 aliphatic rings. The van der Waals surface area contributed by atoms with Crippen molar-refractivity contribution in [2.24, 2.45) is 0 Å². The summed E-state index contributed by atoms with van der Waals surface area (Å²) in [6, 6.07) is 0.163. The normalized spacial score (nSPS) is 16.5. The number of halogens is 3. The highest BCUT2D eigenvalue weighted by Crippen LogP contribution is 2.29. The fourth-order valence-corrected chi connectivity index (χ4v) is 2.82. The largest absolute Gasteiger partial charge is 0.357 e. The van der Waals surface area contributed by atoms with Crippen molar-refractivity contribution in [1.82, 2.24) is 10.6 Å². The van der Waals surface area contributed by atoms with Crippen LogP contribution in [0.25, 0.3) is 0 Å². The first-order valence-corrected chi connectivity index (χ1v) is 7.34. The van der Waals surface area contributed by atoms with Crippen molar-refractivity contribution >= 4 is 17.6 Å². The molecule has 8 heteroatoms. The van der Waals surface area contributed by atoms with Crippen molar-refractivity contribution in [1.29, 1.82) is 0 Å². The van der Waals surface area contributed by atoms with Crippen LogP contribution in [0.1, 0.15) is 32.1 Å². The molecule has 0 aromatic heterocycles. The van der Waals surface area contributed by atoms with Gasteiger partial charge in [-0.2, -0.15) is 0 Å². The number of likely N-dealkylation sites (N-methyl/N-ethyl adjacent to an activating group) is 1. The van der Waals surface area contributed by atoms with E-state index in [0.717, 1.165) is 19.3 Å². The Morgan fingerprint density at radius 2 is 1.74 bits per heavy atom. The standard InChI is InChI=1S/C15H18F3N3O2/c1-19-13(22)15(5-3-2-4-6-15)21-14(23)20-11-8-9(16)7-10(17)12(11)18/h7-8H,2-6H2,1H3,(H,19,22)(H2,20,21,23). The van der Waals surface area contributed by atoms with Crippen molar-refractivity contribution in [2.75, 3.05) is 12.4 Å². The van der Waals surface area contributed by atoms with E-state index in [9.17, 15) is 22.8 Å². The van der Waals surface area contributed by atoms with Gasteiger partial charge in [0.2, 0.25) is 5.91 Å². The van der Waals surface area contributed by atoms with E-state index in [0.29, 0.717) is 25.0 Å². The molecule has 0 bridgehead atoms. The number of hydrogen-bond acceptors (Lipinski definition) is 2. The van der Waals surface area contributed by atoms with Crippen LogP contribution in [0.3, 0.4) is 0 Å². The molecule has 2 rings (SSSR count). The summed E-state index contributed by atoms with van der Waals surface area (Å²) in [5.41, 5.74) is -1.72. The van der Waals surface area contributed by atoms with Crippen molar-refractivity contribution in [3.8, 4) is 0 Å². The lowest BCUT2D eigenvalue weighted by Crippen LogP contribution is -2.60. The van der Waals surface area contributed by atoms with Crippen LogP contribution in [0.15, 0.2) is 12.1 Å². The number of nitrogens with one attached hydrogen (secondary N) is 3. The lowest BCUT2D eigenvalue weighted by Gasteiger charge is -2.36. The Morgan fingerprint density at radius 1 is 1.09 bits per heavy atom. The van der Waals surface area contributed by atoms with Crippen LogP contribution in [0.2, 0.25) is 0 Å². The van der Waals surface area contributed by atoms with Crippen molar-refractivity contribution < 1.29 is 22.8 Å². The third kappa shape index (κ3) is 3.75. The predicted molar refractivity (Wildman–Crippen MR) is 78.4 cm³/mol. The highest BCUT2D eigenvalue weighted by molar-refractivity contribution is 5.96.